The molecule has 2 N–H and O–H groups in total. The van der Waals surface area contributed by atoms with Crippen molar-refractivity contribution in [2.24, 2.45) is 0 Å². The monoisotopic (exact) mass is 271 g/mol. The van der Waals surface area contributed by atoms with Gasteiger partial charge in [0.1, 0.15) is 23.4 Å². The number of anilines is 1. The van der Waals surface area contributed by atoms with Crippen LogP contribution in [0.15, 0.2) is 18.2 Å². The van der Waals surface area contributed by atoms with E-state index >= 15 is 0 Å². The molecular weight excluding hydrogens is 254 g/mol. The summed E-state index contributed by atoms with van der Waals surface area (Å²) in [6.07, 6.45) is 0. The molecular formula is C15H17N3O2. The third-order valence-electron chi connectivity index (χ3n) is 3.49. The van der Waals surface area contributed by atoms with E-state index < -0.39 is 0 Å². The molecule has 1 aromatic carbocycles. The zero-order valence-corrected chi connectivity index (χ0v) is 12.0. The van der Waals surface area contributed by atoms with E-state index in [1.165, 1.54) is 0 Å². The normalized spacial score (nSPS) is 10.2. The van der Waals surface area contributed by atoms with Gasteiger partial charge in [0.15, 0.2) is 0 Å². The molecule has 104 valence electrons. The van der Waals surface area contributed by atoms with Gasteiger partial charge in [-0.1, -0.05) is 0 Å². The zero-order chi connectivity index (χ0) is 14.9. The third-order valence-corrected chi connectivity index (χ3v) is 3.49. The Morgan fingerprint density at radius 2 is 1.90 bits per heavy atom. The van der Waals surface area contributed by atoms with Gasteiger partial charge in [-0.3, -0.25) is 4.57 Å². The van der Waals surface area contributed by atoms with Gasteiger partial charge in [0.05, 0.1) is 25.5 Å². The summed E-state index contributed by atoms with van der Waals surface area (Å²) in [6, 6.07) is 7.62. The first-order chi connectivity index (χ1) is 9.54. The first kappa shape index (κ1) is 13.8. The first-order valence-electron chi connectivity index (χ1n) is 6.15. The summed E-state index contributed by atoms with van der Waals surface area (Å²) >= 11 is 0. The molecule has 20 heavy (non-hydrogen) atoms. The molecule has 1 aromatic heterocycles. The number of benzene rings is 1. The van der Waals surface area contributed by atoms with Crippen molar-refractivity contribution in [2.45, 2.75) is 13.8 Å². The molecule has 0 aliphatic heterocycles. The summed E-state index contributed by atoms with van der Waals surface area (Å²) in [7, 11) is 3.19. The Morgan fingerprint density at radius 1 is 1.20 bits per heavy atom. The molecule has 0 atom stereocenters. The van der Waals surface area contributed by atoms with Gasteiger partial charge in [0, 0.05) is 11.8 Å². The second kappa shape index (κ2) is 5.17. The standard InChI is InChI=1S/C15H17N3O2/c1-9-10(2)18(15(17)12(9)8-16)13-6-5-11(19-3)7-14(13)20-4/h5-7H,17H2,1-4H3. The maximum Gasteiger partial charge on any atom is 0.146 e. The number of aromatic nitrogens is 1. The highest BCUT2D eigenvalue weighted by Gasteiger charge is 2.19. The van der Waals surface area contributed by atoms with Gasteiger partial charge >= 0.3 is 0 Å². The summed E-state index contributed by atoms with van der Waals surface area (Å²) in [5.41, 5.74) is 9.18. The van der Waals surface area contributed by atoms with Gasteiger partial charge in [-0.2, -0.15) is 5.26 Å². The molecule has 1 heterocycles. The second-order valence-corrected chi connectivity index (χ2v) is 4.46. The molecule has 0 saturated carbocycles. The van der Waals surface area contributed by atoms with E-state index in [1.807, 2.05) is 30.5 Å². The first-order valence-corrected chi connectivity index (χ1v) is 6.15. The molecule has 0 unspecified atom stereocenters. The number of ether oxygens (including phenoxy) is 2. The number of nitrogens with zero attached hydrogens (tertiary/aromatic N) is 2. The van der Waals surface area contributed by atoms with Gasteiger partial charge in [-0.25, -0.2) is 0 Å². The lowest BCUT2D eigenvalue weighted by Crippen LogP contribution is -2.04. The van der Waals surface area contributed by atoms with Crippen molar-refractivity contribution in [3.05, 3.63) is 35.0 Å². The summed E-state index contributed by atoms with van der Waals surface area (Å²) in [5.74, 6) is 1.76. The van der Waals surface area contributed by atoms with Crippen LogP contribution in [0.4, 0.5) is 5.82 Å². The Balaban J connectivity index is 2.73. The predicted molar refractivity (Wildman–Crippen MR) is 77.5 cm³/mol. The Morgan fingerprint density at radius 3 is 2.40 bits per heavy atom. The predicted octanol–water partition coefficient (Wildman–Crippen LogP) is 2.57. The lowest BCUT2D eigenvalue weighted by atomic mass is 10.2. The number of rotatable bonds is 3. The highest BCUT2D eigenvalue weighted by molar-refractivity contribution is 5.65. The Hall–Kier alpha value is -2.61. The van der Waals surface area contributed by atoms with E-state index in [4.69, 9.17) is 15.2 Å². The van der Waals surface area contributed by atoms with Gasteiger partial charge in [0.2, 0.25) is 0 Å². The highest BCUT2D eigenvalue weighted by Crippen LogP contribution is 2.34. The lowest BCUT2D eigenvalue weighted by molar-refractivity contribution is 0.393. The molecule has 0 aliphatic carbocycles. The molecule has 2 aromatic rings. The minimum absolute atomic E-state index is 0.422. The highest BCUT2D eigenvalue weighted by atomic mass is 16.5. The van der Waals surface area contributed by atoms with Crippen molar-refractivity contribution in [3.8, 4) is 23.3 Å². The zero-order valence-electron chi connectivity index (χ0n) is 12.0. The Labute approximate surface area is 118 Å². The second-order valence-electron chi connectivity index (χ2n) is 4.46. The summed E-state index contributed by atoms with van der Waals surface area (Å²) < 4.78 is 12.4. The quantitative estimate of drug-likeness (QED) is 0.931. The van der Waals surface area contributed by atoms with Crippen LogP contribution in [0, 0.1) is 25.2 Å². The van der Waals surface area contributed by atoms with E-state index in [0.717, 1.165) is 16.9 Å². The Bertz CT molecular complexity index is 696. The topological polar surface area (TPSA) is 73.2 Å². The number of methoxy groups -OCH3 is 2. The van der Waals surface area contributed by atoms with Crippen molar-refractivity contribution in [1.29, 1.82) is 5.26 Å². The number of nitriles is 1. The number of nitrogen functional groups attached to an aromatic ring is 1. The average molecular weight is 271 g/mol. The minimum Gasteiger partial charge on any atom is -0.497 e. The molecule has 5 heteroatoms. The van der Waals surface area contributed by atoms with Crippen LogP contribution in [0.5, 0.6) is 11.5 Å². The van der Waals surface area contributed by atoms with E-state index in [-0.39, 0.29) is 0 Å². The third kappa shape index (κ3) is 1.95. The van der Waals surface area contributed by atoms with Gasteiger partial charge in [-0.15, -0.1) is 0 Å². The van der Waals surface area contributed by atoms with Crippen LogP contribution in [0.25, 0.3) is 5.69 Å². The number of hydrogen-bond donors (Lipinski definition) is 1. The summed E-state index contributed by atoms with van der Waals surface area (Å²) in [6.45, 7) is 3.81. The molecule has 0 amide bonds. The number of hydrogen-bond acceptors (Lipinski definition) is 4. The molecule has 0 bridgehead atoms. The largest absolute Gasteiger partial charge is 0.497 e. The summed E-state index contributed by atoms with van der Waals surface area (Å²) in [4.78, 5) is 0. The fourth-order valence-electron chi connectivity index (χ4n) is 2.25. The maximum atomic E-state index is 9.20. The van der Waals surface area contributed by atoms with Crippen LogP contribution in [0.2, 0.25) is 0 Å². The average Bonchev–Trinajstić information content (AvgIpc) is 2.68. The molecule has 0 fully saturated rings. The van der Waals surface area contributed by atoms with Gasteiger partial charge in [0.25, 0.3) is 0 Å². The van der Waals surface area contributed by atoms with Crippen LogP contribution in [0.3, 0.4) is 0 Å². The van der Waals surface area contributed by atoms with Crippen molar-refractivity contribution in [2.75, 3.05) is 20.0 Å². The SMILES string of the molecule is COc1ccc(-n2c(C)c(C)c(C#N)c2N)c(OC)c1. The van der Waals surface area contributed by atoms with Crippen molar-refractivity contribution < 1.29 is 9.47 Å². The number of nitrogens with two attached hydrogens (primary N) is 1. The molecule has 0 aliphatic rings. The van der Waals surface area contributed by atoms with Crippen LogP contribution in [-0.4, -0.2) is 18.8 Å². The van der Waals surface area contributed by atoms with Crippen LogP contribution in [0.1, 0.15) is 16.8 Å². The van der Waals surface area contributed by atoms with Crippen LogP contribution in [-0.2, 0) is 0 Å². The summed E-state index contributed by atoms with van der Waals surface area (Å²) in [5, 5.41) is 9.20. The van der Waals surface area contributed by atoms with E-state index in [0.29, 0.717) is 22.9 Å². The molecule has 0 radical (unpaired) electrons. The maximum absolute atomic E-state index is 9.20. The fourth-order valence-corrected chi connectivity index (χ4v) is 2.25. The fraction of sp³-hybridized carbons (Fsp3) is 0.267. The molecule has 2 rings (SSSR count). The molecule has 0 spiro atoms. The van der Waals surface area contributed by atoms with Gasteiger partial charge in [-0.05, 0) is 31.5 Å². The lowest BCUT2D eigenvalue weighted by Gasteiger charge is -2.14. The minimum atomic E-state index is 0.422. The molecule has 5 nitrogen and oxygen atoms in total. The molecule has 0 saturated heterocycles. The van der Waals surface area contributed by atoms with Gasteiger partial charge < -0.3 is 15.2 Å². The van der Waals surface area contributed by atoms with Crippen LogP contribution < -0.4 is 15.2 Å². The van der Waals surface area contributed by atoms with Crippen molar-refractivity contribution in [3.63, 3.8) is 0 Å². The van der Waals surface area contributed by atoms with Crippen molar-refractivity contribution in [1.82, 2.24) is 4.57 Å². The van der Waals surface area contributed by atoms with E-state index in [1.54, 1.807) is 20.3 Å². The van der Waals surface area contributed by atoms with Crippen molar-refractivity contribution >= 4 is 5.82 Å². The van der Waals surface area contributed by atoms with Crippen LogP contribution >= 0.6 is 0 Å². The smallest absolute Gasteiger partial charge is 0.146 e. The van der Waals surface area contributed by atoms with E-state index in [9.17, 15) is 5.26 Å². The Kier molecular flexibility index (Phi) is 3.57. The van der Waals surface area contributed by atoms with E-state index in [2.05, 4.69) is 6.07 Å².